The van der Waals surface area contributed by atoms with Crippen LogP contribution in [0.2, 0.25) is 0 Å². The van der Waals surface area contributed by atoms with Crippen LogP contribution in [0.3, 0.4) is 0 Å². The van der Waals surface area contributed by atoms with Crippen LogP contribution in [-0.2, 0) is 12.8 Å². The Hall–Kier alpha value is -1.55. The average molecular weight is 248 g/mol. The molecule has 0 saturated carbocycles. The van der Waals surface area contributed by atoms with E-state index < -0.39 is 0 Å². The van der Waals surface area contributed by atoms with Crippen molar-refractivity contribution >= 4 is 6.09 Å². The largest absolute Gasteiger partial charge is 0.415 e. The van der Waals surface area contributed by atoms with E-state index in [1.807, 2.05) is 12.1 Å². The molecule has 0 spiro atoms. The fourth-order valence-electron chi connectivity index (χ4n) is 2.30. The van der Waals surface area contributed by atoms with Gasteiger partial charge in [0.25, 0.3) is 0 Å². The Labute approximate surface area is 108 Å². The third-order valence-electron chi connectivity index (χ3n) is 3.33. The summed E-state index contributed by atoms with van der Waals surface area (Å²) in [6.45, 7) is 0.951. The average Bonchev–Trinajstić information content (AvgIpc) is 2.39. The Balaban J connectivity index is 2.12. The van der Waals surface area contributed by atoms with E-state index in [1.165, 1.54) is 28.9 Å². The van der Waals surface area contributed by atoms with Crippen LogP contribution in [0.25, 0.3) is 0 Å². The summed E-state index contributed by atoms with van der Waals surface area (Å²) in [6.07, 6.45) is 4.13. The molecule has 1 aliphatic carbocycles. The van der Waals surface area contributed by atoms with Gasteiger partial charge in [-0.1, -0.05) is 12.1 Å². The molecule has 0 heterocycles. The van der Waals surface area contributed by atoms with Gasteiger partial charge in [-0.25, -0.2) is 4.79 Å². The first-order valence-corrected chi connectivity index (χ1v) is 6.46. The minimum Gasteiger partial charge on any atom is -0.410 e. The second-order valence-corrected chi connectivity index (χ2v) is 4.68. The van der Waals surface area contributed by atoms with Crippen molar-refractivity contribution in [2.24, 2.45) is 5.73 Å². The molecule has 2 rings (SSSR count). The molecular weight excluding hydrogens is 228 g/mol. The van der Waals surface area contributed by atoms with Crippen molar-refractivity contribution < 1.29 is 9.53 Å². The minimum absolute atomic E-state index is 0.334. The van der Waals surface area contributed by atoms with Crippen molar-refractivity contribution in [2.45, 2.75) is 25.7 Å². The van der Waals surface area contributed by atoms with Gasteiger partial charge in [0, 0.05) is 20.1 Å². The van der Waals surface area contributed by atoms with Gasteiger partial charge in [0.1, 0.15) is 5.75 Å². The molecule has 4 heteroatoms. The lowest BCUT2D eigenvalue weighted by Gasteiger charge is -2.21. The molecule has 4 nitrogen and oxygen atoms in total. The maximum atomic E-state index is 11.8. The van der Waals surface area contributed by atoms with E-state index in [0.717, 1.165) is 12.8 Å². The number of amides is 1. The summed E-state index contributed by atoms with van der Waals surface area (Å²) in [6, 6.07) is 5.95. The van der Waals surface area contributed by atoms with Gasteiger partial charge in [0.2, 0.25) is 0 Å². The predicted molar refractivity (Wildman–Crippen MR) is 70.8 cm³/mol. The summed E-state index contributed by atoms with van der Waals surface area (Å²) in [5, 5.41) is 0. The van der Waals surface area contributed by atoms with Crippen LogP contribution < -0.4 is 10.5 Å². The highest BCUT2D eigenvalue weighted by Gasteiger charge is 2.17. The molecule has 2 N–H and O–H groups in total. The van der Waals surface area contributed by atoms with E-state index in [2.05, 4.69) is 6.07 Å². The zero-order valence-electron chi connectivity index (χ0n) is 10.8. The summed E-state index contributed by atoms with van der Waals surface area (Å²) >= 11 is 0. The molecule has 1 amide bonds. The summed E-state index contributed by atoms with van der Waals surface area (Å²) in [4.78, 5) is 13.3. The highest BCUT2D eigenvalue weighted by Crippen LogP contribution is 2.29. The number of likely N-dealkylation sites (N-methyl/N-ethyl adjacent to an activating group) is 1. The molecule has 0 saturated heterocycles. The van der Waals surface area contributed by atoms with Crippen molar-refractivity contribution in [3.05, 3.63) is 29.3 Å². The van der Waals surface area contributed by atoms with Gasteiger partial charge < -0.3 is 15.4 Å². The molecule has 1 aliphatic rings. The fraction of sp³-hybridized carbons (Fsp3) is 0.500. The van der Waals surface area contributed by atoms with Crippen molar-refractivity contribution in [3.63, 3.8) is 0 Å². The van der Waals surface area contributed by atoms with Gasteiger partial charge >= 0.3 is 6.09 Å². The van der Waals surface area contributed by atoms with Crippen LogP contribution in [0.15, 0.2) is 18.2 Å². The Morgan fingerprint density at radius 1 is 1.39 bits per heavy atom. The second kappa shape index (κ2) is 5.87. The van der Waals surface area contributed by atoms with Crippen LogP contribution in [0, 0.1) is 0 Å². The van der Waals surface area contributed by atoms with Crippen LogP contribution in [0.1, 0.15) is 24.0 Å². The lowest BCUT2D eigenvalue weighted by atomic mass is 9.91. The van der Waals surface area contributed by atoms with E-state index in [9.17, 15) is 4.79 Å². The third kappa shape index (κ3) is 2.82. The molecule has 0 atom stereocenters. The number of nitrogens with two attached hydrogens (primary N) is 1. The molecule has 0 unspecified atom stereocenters. The number of hydrogen-bond acceptors (Lipinski definition) is 3. The molecule has 0 aromatic heterocycles. The van der Waals surface area contributed by atoms with Gasteiger partial charge in [-0.3, -0.25) is 0 Å². The number of rotatable bonds is 3. The quantitative estimate of drug-likeness (QED) is 0.889. The molecule has 18 heavy (non-hydrogen) atoms. The summed E-state index contributed by atoms with van der Waals surface area (Å²) in [5.74, 6) is 0.709. The number of fused-ring (bicyclic) bond motifs is 1. The fourth-order valence-corrected chi connectivity index (χ4v) is 2.30. The number of ether oxygens (including phenoxy) is 1. The molecule has 0 radical (unpaired) electrons. The van der Waals surface area contributed by atoms with E-state index >= 15 is 0 Å². The highest BCUT2D eigenvalue weighted by atomic mass is 16.6. The monoisotopic (exact) mass is 248 g/mol. The van der Waals surface area contributed by atoms with E-state index in [1.54, 1.807) is 7.05 Å². The smallest absolute Gasteiger partial charge is 0.410 e. The van der Waals surface area contributed by atoms with Crippen LogP contribution >= 0.6 is 0 Å². The highest BCUT2D eigenvalue weighted by molar-refractivity contribution is 5.71. The van der Waals surface area contributed by atoms with Gasteiger partial charge in [-0.15, -0.1) is 0 Å². The van der Waals surface area contributed by atoms with Crippen molar-refractivity contribution in [1.82, 2.24) is 4.90 Å². The van der Waals surface area contributed by atoms with Gasteiger partial charge in [0.15, 0.2) is 0 Å². The number of aryl methyl sites for hydroxylation is 1. The van der Waals surface area contributed by atoms with Crippen LogP contribution in [0.5, 0.6) is 5.75 Å². The van der Waals surface area contributed by atoms with E-state index in [0.29, 0.717) is 18.8 Å². The topological polar surface area (TPSA) is 55.6 Å². The molecule has 0 bridgehead atoms. The Morgan fingerprint density at radius 3 is 2.94 bits per heavy atom. The van der Waals surface area contributed by atoms with Crippen LogP contribution in [-0.4, -0.2) is 31.1 Å². The normalized spacial score (nSPS) is 13.9. The molecule has 1 aromatic carbocycles. The standard InChI is InChI=1S/C14H20N2O2/c1-16(10-9-15)14(17)18-13-8-4-6-11-5-2-3-7-12(11)13/h4,6,8H,2-3,5,7,9-10,15H2,1H3. The first-order valence-electron chi connectivity index (χ1n) is 6.46. The first kappa shape index (κ1) is 12.9. The van der Waals surface area contributed by atoms with Crippen molar-refractivity contribution in [2.75, 3.05) is 20.1 Å². The lowest BCUT2D eigenvalue weighted by molar-refractivity contribution is 0.163. The first-order chi connectivity index (χ1) is 8.72. The van der Waals surface area contributed by atoms with Crippen LogP contribution in [0.4, 0.5) is 4.79 Å². The SMILES string of the molecule is CN(CCN)C(=O)Oc1cccc2c1CCCC2. The van der Waals surface area contributed by atoms with Gasteiger partial charge in [-0.2, -0.15) is 0 Å². The number of carbonyl (C=O) groups is 1. The Morgan fingerprint density at radius 2 is 2.17 bits per heavy atom. The number of benzene rings is 1. The van der Waals surface area contributed by atoms with Crippen molar-refractivity contribution in [1.29, 1.82) is 0 Å². The van der Waals surface area contributed by atoms with Gasteiger partial charge in [0.05, 0.1) is 0 Å². The zero-order chi connectivity index (χ0) is 13.0. The maximum absolute atomic E-state index is 11.8. The van der Waals surface area contributed by atoms with E-state index in [-0.39, 0.29) is 6.09 Å². The molecule has 1 aromatic rings. The van der Waals surface area contributed by atoms with E-state index in [4.69, 9.17) is 10.5 Å². The third-order valence-corrected chi connectivity index (χ3v) is 3.33. The maximum Gasteiger partial charge on any atom is 0.415 e. The number of hydrogen-bond donors (Lipinski definition) is 1. The molecular formula is C14H20N2O2. The molecule has 0 aliphatic heterocycles. The molecule has 0 fully saturated rings. The number of nitrogens with zero attached hydrogens (tertiary/aromatic N) is 1. The lowest BCUT2D eigenvalue weighted by Crippen LogP contribution is -2.34. The molecule has 98 valence electrons. The summed E-state index contributed by atoms with van der Waals surface area (Å²) < 4.78 is 5.46. The summed E-state index contributed by atoms with van der Waals surface area (Å²) in [7, 11) is 1.70. The number of carbonyl (C=O) groups excluding carboxylic acids is 1. The van der Waals surface area contributed by atoms with Crippen molar-refractivity contribution in [3.8, 4) is 5.75 Å². The minimum atomic E-state index is -0.334. The predicted octanol–water partition coefficient (Wildman–Crippen LogP) is 1.95. The second-order valence-electron chi connectivity index (χ2n) is 4.68. The Kier molecular flexibility index (Phi) is 4.20. The Bertz CT molecular complexity index is 432. The zero-order valence-corrected chi connectivity index (χ0v) is 10.8. The van der Waals surface area contributed by atoms with Gasteiger partial charge in [-0.05, 0) is 42.9 Å². The summed E-state index contributed by atoms with van der Waals surface area (Å²) in [5.41, 5.74) is 7.93.